The Kier molecular flexibility index (Phi) is 7.28. The second kappa shape index (κ2) is 8.48. The van der Waals surface area contributed by atoms with Gasteiger partial charge in [0, 0.05) is 26.1 Å². The Hall–Kier alpha value is -0.610. The van der Waals surface area contributed by atoms with Crippen molar-refractivity contribution < 1.29 is 9.53 Å². The van der Waals surface area contributed by atoms with Crippen LogP contribution in [0, 0.1) is 5.92 Å². The second-order valence-corrected chi connectivity index (χ2v) is 5.42. The predicted molar refractivity (Wildman–Crippen MR) is 73.6 cm³/mol. The summed E-state index contributed by atoms with van der Waals surface area (Å²) in [6, 6.07) is 0.261. The van der Waals surface area contributed by atoms with Crippen LogP contribution >= 0.6 is 0 Å². The third-order valence-corrected chi connectivity index (χ3v) is 3.65. The molecule has 4 nitrogen and oxygen atoms in total. The van der Waals surface area contributed by atoms with E-state index in [4.69, 9.17) is 4.74 Å². The van der Waals surface area contributed by atoms with E-state index in [-0.39, 0.29) is 11.9 Å². The smallest absolute Gasteiger partial charge is 0.222 e. The molecule has 1 aliphatic rings. The van der Waals surface area contributed by atoms with E-state index in [1.165, 1.54) is 12.8 Å². The minimum absolute atomic E-state index is 0.261. The zero-order valence-electron chi connectivity index (χ0n) is 12.1. The van der Waals surface area contributed by atoms with Crippen LogP contribution in [0.2, 0.25) is 0 Å². The number of ether oxygens (including phenoxy) is 1. The van der Waals surface area contributed by atoms with Crippen molar-refractivity contribution in [3.05, 3.63) is 0 Å². The maximum Gasteiger partial charge on any atom is 0.222 e. The lowest BCUT2D eigenvalue weighted by Crippen LogP contribution is -2.39. The summed E-state index contributed by atoms with van der Waals surface area (Å²) in [7, 11) is 1.68. The molecule has 0 aromatic carbocycles. The monoisotopic (exact) mass is 256 g/mol. The van der Waals surface area contributed by atoms with Crippen LogP contribution in [0.15, 0.2) is 0 Å². The van der Waals surface area contributed by atoms with Gasteiger partial charge in [0.15, 0.2) is 0 Å². The van der Waals surface area contributed by atoms with Gasteiger partial charge in [0.1, 0.15) is 0 Å². The van der Waals surface area contributed by atoms with Crippen molar-refractivity contribution in [1.29, 1.82) is 0 Å². The zero-order chi connectivity index (χ0) is 13.4. The van der Waals surface area contributed by atoms with E-state index in [9.17, 15) is 4.79 Å². The maximum absolute atomic E-state index is 12.2. The number of amides is 1. The molecule has 0 aromatic rings. The lowest BCUT2D eigenvalue weighted by Gasteiger charge is -2.28. The highest BCUT2D eigenvalue weighted by Gasteiger charge is 2.19. The van der Waals surface area contributed by atoms with E-state index in [0.29, 0.717) is 25.5 Å². The van der Waals surface area contributed by atoms with Crippen LogP contribution in [0.3, 0.4) is 0 Å². The summed E-state index contributed by atoms with van der Waals surface area (Å²) >= 11 is 0. The summed E-state index contributed by atoms with van der Waals surface area (Å²) in [4.78, 5) is 14.1. The highest BCUT2D eigenvalue weighted by Crippen LogP contribution is 2.17. The molecule has 0 radical (unpaired) electrons. The highest BCUT2D eigenvalue weighted by molar-refractivity contribution is 5.76. The molecule has 4 heteroatoms. The number of piperidine rings is 1. The van der Waals surface area contributed by atoms with Gasteiger partial charge in [0.25, 0.3) is 0 Å². The number of hydrogen-bond acceptors (Lipinski definition) is 3. The molecule has 1 N–H and O–H groups in total. The van der Waals surface area contributed by atoms with Gasteiger partial charge in [-0.1, -0.05) is 0 Å². The van der Waals surface area contributed by atoms with Crippen molar-refractivity contribution in [3.8, 4) is 0 Å². The Morgan fingerprint density at radius 3 is 2.83 bits per heavy atom. The Labute approximate surface area is 111 Å². The Morgan fingerprint density at radius 1 is 1.50 bits per heavy atom. The highest BCUT2D eigenvalue weighted by atomic mass is 16.5. The zero-order valence-corrected chi connectivity index (χ0v) is 12.1. The average molecular weight is 256 g/mol. The molecule has 1 rings (SSSR count). The van der Waals surface area contributed by atoms with Crippen molar-refractivity contribution >= 4 is 5.91 Å². The SMILES string of the molecule is COCCN(C(=O)CCC1CCCNC1)C(C)C. The molecule has 1 amide bonds. The van der Waals surface area contributed by atoms with Crippen LogP contribution in [0.5, 0.6) is 0 Å². The Bertz CT molecular complexity index is 238. The van der Waals surface area contributed by atoms with Gasteiger partial charge < -0.3 is 15.0 Å². The quantitative estimate of drug-likeness (QED) is 0.753. The molecule has 0 bridgehead atoms. The van der Waals surface area contributed by atoms with Crippen molar-refractivity contribution in [1.82, 2.24) is 10.2 Å². The summed E-state index contributed by atoms with van der Waals surface area (Å²) in [6.07, 6.45) is 4.20. The molecule has 18 heavy (non-hydrogen) atoms. The summed E-state index contributed by atoms with van der Waals surface area (Å²) in [5.41, 5.74) is 0. The van der Waals surface area contributed by atoms with Crippen LogP contribution in [-0.4, -0.2) is 50.2 Å². The third kappa shape index (κ3) is 5.36. The minimum atomic E-state index is 0.261. The van der Waals surface area contributed by atoms with Gasteiger partial charge in [-0.25, -0.2) is 0 Å². The standard InChI is InChI=1S/C14H28N2O2/c1-12(2)16(9-10-18-3)14(17)7-6-13-5-4-8-15-11-13/h12-13,15H,4-11H2,1-3H3. The molecule has 1 heterocycles. The van der Waals surface area contributed by atoms with Gasteiger partial charge >= 0.3 is 0 Å². The van der Waals surface area contributed by atoms with Crippen molar-refractivity contribution in [2.75, 3.05) is 33.4 Å². The van der Waals surface area contributed by atoms with E-state index in [1.54, 1.807) is 7.11 Å². The van der Waals surface area contributed by atoms with E-state index in [0.717, 1.165) is 19.5 Å². The van der Waals surface area contributed by atoms with E-state index >= 15 is 0 Å². The van der Waals surface area contributed by atoms with Crippen LogP contribution in [0.1, 0.15) is 39.5 Å². The molecular weight excluding hydrogens is 228 g/mol. The molecule has 0 aliphatic carbocycles. The number of carbonyl (C=O) groups is 1. The molecule has 1 saturated heterocycles. The van der Waals surface area contributed by atoms with Crippen LogP contribution in [0.25, 0.3) is 0 Å². The number of nitrogens with one attached hydrogen (secondary N) is 1. The lowest BCUT2D eigenvalue weighted by molar-refractivity contribution is -0.133. The van der Waals surface area contributed by atoms with Crippen molar-refractivity contribution in [2.45, 2.75) is 45.6 Å². The Balaban J connectivity index is 2.31. The fraction of sp³-hybridized carbons (Fsp3) is 0.929. The molecule has 0 saturated carbocycles. The summed E-state index contributed by atoms with van der Waals surface area (Å²) in [5.74, 6) is 0.951. The van der Waals surface area contributed by atoms with Gasteiger partial charge in [-0.2, -0.15) is 0 Å². The fourth-order valence-electron chi connectivity index (χ4n) is 2.50. The van der Waals surface area contributed by atoms with Gasteiger partial charge in [0.05, 0.1) is 6.61 Å². The van der Waals surface area contributed by atoms with Gasteiger partial charge in [-0.3, -0.25) is 4.79 Å². The first-order valence-corrected chi connectivity index (χ1v) is 7.14. The minimum Gasteiger partial charge on any atom is -0.383 e. The molecule has 1 atom stereocenters. The first kappa shape index (κ1) is 15.4. The maximum atomic E-state index is 12.2. The van der Waals surface area contributed by atoms with E-state index in [1.807, 2.05) is 4.90 Å². The Morgan fingerprint density at radius 2 is 2.28 bits per heavy atom. The number of nitrogens with zero attached hydrogens (tertiary/aromatic N) is 1. The summed E-state index contributed by atoms with van der Waals surface area (Å²) < 4.78 is 5.06. The third-order valence-electron chi connectivity index (χ3n) is 3.65. The molecule has 106 valence electrons. The summed E-state index contributed by atoms with van der Waals surface area (Å²) in [6.45, 7) is 7.67. The van der Waals surface area contributed by atoms with Crippen molar-refractivity contribution in [3.63, 3.8) is 0 Å². The molecule has 0 aromatic heterocycles. The topological polar surface area (TPSA) is 41.6 Å². The average Bonchev–Trinajstić information content (AvgIpc) is 2.37. The van der Waals surface area contributed by atoms with Crippen LogP contribution < -0.4 is 5.32 Å². The molecule has 0 spiro atoms. The first-order chi connectivity index (χ1) is 8.65. The number of methoxy groups -OCH3 is 1. The van der Waals surface area contributed by atoms with Gasteiger partial charge in [-0.15, -0.1) is 0 Å². The first-order valence-electron chi connectivity index (χ1n) is 7.14. The molecule has 1 unspecified atom stereocenters. The second-order valence-electron chi connectivity index (χ2n) is 5.42. The van der Waals surface area contributed by atoms with Gasteiger partial charge in [-0.05, 0) is 52.1 Å². The fourth-order valence-corrected chi connectivity index (χ4v) is 2.50. The number of carbonyl (C=O) groups excluding carboxylic acids is 1. The lowest BCUT2D eigenvalue weighted by atomic mass is 9.94. The summed E-state index contributed by atoms with van der Waals surface area (Å²) in [5, 5.41) is 3.40. The van der Waals surface area contributed by atoms with Crippen molar-refractivity contribution in [2.24, 2.45) is 5.92 Å². The number of rotatable bonds is 7. The normalized spacial score (nSPS) is 20.1. The predicted octanol–water partition coefficient (Wildman–Crippen LogP) is 1.65. The van der Waals surface area contributed by atoms with Gasteiger partial charge in [0.2, 0.25) is 5.91 Å². The molecular formula is C14H28N2O2. The van der Waals surface area contributed by atoms with E-state index < -0.39 is 0 Å². The van der Waals surface area contributed by atoms with E-state index in [2.05, 4.69) is 19.2 Å². The van der Waals surface area contributed by atoms with Crippen LogP contribution in [0.4, 0.5) is 0 Å². The molecule has 1 fully saturated rings. The largest absolute Gasteiger partial charge is 0.383 e. The molecule has 1 aliphatic heterocycles. The van der Waals surface area contributed by atoms with Crippen LogP contribution in [-0.2, 0) is 9.53 Å². The number of hydrogen-bond donors (Lipinski definition) is 1.